The van der Waals surface area contributed by atoms with Gasteiger partial charge in [-0.1, -0.05) is 12.1 Å². The van der Waals surface area contributed by atoms with Crippen LogP contribution in [0.2, 0.25) is 0 Å². The lowest BCUT2D eigenvalue weighted by molar-refractivity contribution is -0.140. The average Bonchev–Trinajstić information content (AvgIpc) is 2.88. The van der Waals surface area contributed by atoms with Gasteiger partial charge in [0.1, 0.15) is 11.6 Å². The number of rotatable bonds is 5. The quantitative estimate of drug-likeness (QED) is 0.368. The topological polar surface area (TPSA) is 96.0 Å². The Bertz CT molecular complexity index is 764. The van der Waals surface area contributed by atoms with Crippen LogP contribution in [0, 0.1) is 5.82 Å². The summed E-state index contributed by atoms with van der Waals surface area (Å²) in [5, 5.41) is 10.3. The molecule has 1 fully saturated rings. The number of carbonyl (C=O) groups is 2. The van der Waals surface area contributed by atoms with Crippen molar-refractivity contribution in [2.75, 3.05) is 6.54 Å². The number of halogens is 1. The van der Waals surface area contributed by atoms with Crippen LogP contribution in [0.5, 0.6) is 0 Å². The number of likely N-dealkylation sites (tertiary alicyclic amines) is 1. The minimum absolute atomic E-state index is 0.00336. The summed E-state index contributed by atoms with van der Waals surface area (Å²) in [7, 11) is 0. The van der Waals surface area contributed by atoms with E-state index in [0.29, 0.717) is 0 Å². The summed E-state index contributed by atoms with van der Waals surface area (Å²) in [5.41, 5.74) is 6.43. The maximum atomic E-state index is 12.9. The van der Waals surface area contributed by atoms with Crippen molar-refractivity contribution in [2.45, 2.75) is 26.4 Å². The molecule has 1 aliphatic heterocycles. The standard InChI is InChI=1S/C18H20FN3O3/c1-11(2)22-10-15(17(24)18(22)25)16(23)13(7-20)9-21-8-12-3-5-14(19)6-4-12/h3-7,9,11,23H,8,10,20H2,1-2H3. The van der Waals surface area contributed by atoms with Crippen LogP contribution < -0.4 is 5.73 Å². The van der Waals surface area contributed by atoms with Gasteiger partial charge in [-0.25, -0.2) is 4.39 Å². The summed E-state index contributed by atoms with van der Waals surface area (Å²) in [4.78, 5) is 29.5. The first-order chi connectivity index (χ1) is 11.8. The van der Waals surface area contributed by atoms with Crippen molar-refractivity contribution in [2.24, 2.45) is 10.7 Å². The first kappa shape index (κ1) is 18.4. The third-order valence-corrected chi connectivity index (χ3v) is 3.84. The molecule has 7 heteroatoms. The molecule has 3 N–H and O–H groups in total. The number of carbonyl (C=O) groups excluding carboxylic acids is 2. The number of nitrogens with zero attached hydrogens (tertiary/aromatic N) is 2. The van der Waals surface area contributed by atoms with Crippen molar-refractivity contribution in [3.8, 4) is 0 Å². The van der Waals surface area contributed by atoms with Crippen LogP contribution in [-0.4, -0.2) is 40.5 Å². The summed E-state index contributed by atoms with van der Waals surface area (Å²) in [6.07, 6.45) is 2.44. The van der Waals surface area contributed by atoms with Gasteiger partial charge in [0.05, 0.1) is 24.2 Å². The fourth-order valence-corrected chi connectivity index (χ4v) is 2.37. The molecule has 1 aromatic rings. The highest BCUT2D eigenvalue weighted by molar-refractivity contribution is 6.45. The lowest BCUT2D eigenvalue weighted by atomic mass is 10.1. The van der Waals surface area contributed by atoms with E-state index in [1.807, 2.05) is 0 Å². The zero-order chi connectivity index (χ0) is 18.6. The summed E-state index contributed by atoms with van der Waals surface area (Å²) < 4.78 is 12.9. The smallest absolute Gasteiger partial charge is 0.295 e. The number of hydrogen-bond acceptors (Lipinski definition) is 5. The normalized spacial score (nSPS) is 17.9. The van der Waals surface area contributed by atoms with Crippen molar-refractivity contribution in [3.63, 3.8) is 0 Å². The molecule has 132 valence electrons. The van der Waals surface area contributed by atoms with Gasteiger partial charge >= 0.3 is 0 Å². The van der Waals surface area contributed by atoms with E-state index in [1.165, 1.54) is 23.2 Å². The second-order valence-electron chi connectivity index (χ2n) is 5.90. The van der Waals surface area contributed by atoms with E-state index < -0.39 is 11.7 Å². The maximum absolute atomic E-state index is 12.9. The van der Waals surface area contributed by atoms with E-state index >= 15 is 0 Å². The van der Waals surface area contributed by atoms with Gasteiger partial charge in [-0.2, -0.15) is 0 Å². The van der Waals surface area contributed by atoms with Gasteiger partial charge in [-0.15, -0.1) is 0 Å². The third-order valence-electron chi connectivity index (χ3n) is 3.84. The lowest BCUT2D eigenvalue weighted by Gasteiger charge is -2.18. The Morgan fingerprint density at radius 3 is 2.52 bits per heavy atom. The Hall–Kier alpha value is -2.96. The number of allylic oxidation sites excluding steroid dienone is 1. The third kappa shape index (κ3) is 4.12. The zero-order valence-corrected chi connectivity index (χ0v) is 14.1. The second kappa shape index (κ2) is 7.74. The fourth-order valence-electron chi connectivity index (χ4n) is 2.37. The number of aliphatic hydroxyl groups is 1. The lowest BCUT2D eigenvalue weighted by Crippen LogP contribution is -2.33. The number of ketones is 1. The van der Waals surface area contributed by atoms with E-state index in [2.05, 4.69) is 4.99 Å². The second-order valence-corrected chi connectivity index (χ2v) is 5.90. The van der Waals surface area contributed by atoms with Gasteiger partial charge in [0.2, 0.25) is 0 Å². The first-order valence-electron chi connectivity index (χ1n) is 7.79. The Morgan fingerprint density at radius 2 is 2.00 bits per heavy atom. The molecule has 0 spiro atoms. The SMILES string of the molecule is CC(C)N1CC(=C(O)C(C=NCc2ccc(F)cc2)=CN)C(=O)C1=O. The summed E-state index contributed by atoms with van der Waals surface area (Å²) in [6.45, 7) is 3.86. The summed E-state index contributed by atoms with van der Waals surface area (Å²) in [6, 6.07) is 5.69. The number of benzene rings is 1. The minimum Gasteiger partial charge on any atom is -0.507 e. The molecule has 1 amide bonds. The highest BCUT2D eigenvalue weighted by atomic mass is 19.1. The molecule has 25 heavy (non-hydrogen) atoms. The van der Waals surface area contributed by atoms with Crippen LogP contribution in [0.3, 0.4) is 0 Å². The van der Waals surface area contributed by atoms with Gasteiger partial charge < -0.3 is 15.7 Å². The molecule has 0 unspecified atom stereocenters. The number of nitrogens with two attached hydrogens (primary N) is 1. The predicted molar refractivity (Wildman–Crippen MR) is 92.4 cm³/mol. The van der Waals surface area contributed by atoms with Crippen molar-refractivity contribution < 1.29 is 19.1 Å². The van der Waals surface area contributed by atoms with Crippen LogP contribution in [0.25, 0.3) is 0 Å². The number of aliphatic hydroxyl groups excluding tert-OH is 1. The Morgan fingerprint density at radius 1 is 1.36 bits per heavy atom. The summed E-state index contributed by atoms with van der Waals surface area (Å²) in [5.74, 6) is -2.07. The number of aliphatic imine (C=N–C) groups is 1. The molecular formula is C18H20FN3O3. The number of Topliss-reactive ketones (excluding diaryl/α,β-unsaturated/α-hetero) is 1. The Balaban J connectivity index is 2.17. The van der Waals surface area contributed by atoms with Gasteiger partial charge in [0.15, 0.2) is 0 Å². The van der Waals surface area contributed by atoms with Gasteiger partial charge in [-0.05, 0) is 31.5 Å². The highest BCUT2D eigenvalue weighted by Crippen LogP contribution is 2.21. The molecule has 0 atom stereocenters. The van der Waals surface area contributed by atoms with E-state index in [4.69, 9.17) is 5.73 Å². The highest BCUT2D eigenvalue weighted by Gasteiger charge is 2.38. The molecule has 0 bridgehead atoms. The zero-order valence-electron chi connectivity index (χ0n) is 14.1. The minimum atomic E-state index is -0.738. The van der Waals surface area contributed by atoms with Crippen molar-refractivity contribution in [1.82, 2.24) is 4.90 Å². The van der Waals surface area contributed by atoms with Crippen LogP contribution >= 0.6 is 0 Å². The maximum Gasteiger partial charge on any atom is 0.295 e. The van der Waals surface area contributed by atoms with Crippen LogP contribution in [0.4, 0.5) is 4.39 Å². The molecule has 2 rings (SSSR count). The van der Waals surface area contributed by atoms with Gasteiger partial charge in [0.25, 0.3) is 11.7 Å². The van der Waals surface area contributed by atoms with E-state index in [0.717, 1.165) is 11.8 Å². The van der Waals surface area contributed by atoms with E-state index in [-0.39, 0.29) is 41.9 Å². The summed E-state index contributed by atoms with van der Waals surface area (Å²) >= 11 is 0. The number of amides is 1. The van der Waals surface area contributed by atoms with Gasteiger partial charge in [-0.3, -0.25) is 14.6 Å². The Kier molecular flexibility index (Phi) is 5.69. The molecular weight excluding hydrogens is 325 g/mol. The first-order valence-corrected chi connectivity index (χ1v) is 7.79. The molecule has 0 aliphatic carbocycles. The van der Waals surface area contributed by atoms with Gasteiger partial charge in [0, 0.05) is 18.5 Å². The molecule has 0 radical (unpaired) electrons. The monoisotopic (exact) mass is 345 g/mol. The van der Waals surface area contributed by atoms with Crippen LogP contribution in [0.15, 0.2) is 52.4 Å². The number of hydrogen-bond donors (Lipinski definition) is 2. The molecule has 0 aromatic heterocycles. The van der Waals surface area contributed by atoms with E-state index in [9.17, 15) is 19.1 Å². The largest absolute Gasteiger partial charge is 0.507 e. The molecule has 1 aliphatic rings. The Labute approximate surface area is 145 Å². The van der Waals surface area contributed by atoms with Crippen molar-refractivity contribution in [3.05, 3.63) is 58.8 Å². The molecule has 6 nitrogen and oxygen atoms in total. The molecule has 0 saturated carbocycles. The molecule has 1 heterocycles. The van der Waals surface area contributed by atoms with Crippen molar-refractivity contribution >= 4 is 17.9 Å². The van der Waals surface area contributed by atoms with E-state index in [1.54, 1.807) is 26.0 Å². The predicted octanol–water partition coefficient (Wildman–Crippen LogP) is 1.87. The van der Waals surface area contributed by atoms with Crippen LogP contribution in [0.1, 0.15) is 19.4 Å². The van der Waals surface area contributed by atoms with Crippen LogP contribution in [-0.2, 0) is 16.1 Å². The fraction of sp³-hybridized carbons (Fsp3) is 0.278. The van der Waals surface area contributed by atoms with Crippen molar-refractivity contribution in [1.29, 1.82) is 0 Å². The average molecular weight is 345 g/mol. The molecule has 1 saturated heterocycles. The molecule has 1 aromatic carbocycles.